The largest absolute Gasteiger partial charge is 0.384 e. The minimum atomic E-state index is -0.832. The van der Waals surface area contributed by atoms with E-state index in [1.165, 1.54) is 24.8 Å². The first kappa shape index (κ1) is 12.6. The Labute approximate surface area is 104 Å². The van der Waals surface area contributed by atoms with Crippen molar-refractivity contribution in [1.82, 2.24) is 0 Å². The summed E-state index contributed by atoms with van der Waals surface area (Å²) in [6.45, 7) is 2.40. The molecule has 1 unspecified atom stereocenters. The van der Waals surface area contributed by atoms with Crippen LogP contribution in [0.25, 0.3) is 0 Å². The highest BCUT2D eigenvalue weighted by Crippen LogP contribution is 2.41. The molecule has 1 saturated carbocycles. The topological polar surface area (TPSA) is 46.2 Å². The molecule has 1 fully saturated rings. The lowest BCUT2D eigenvalue weighted by Gasteiger charge is -2.34. The monoisotopic (exact) mass is 233 g/mol. The van der Waals surface area contributed by atoms with Crippen LogP contribution < -0.4 is 5.73 Å². The molecule has 2 rings (SSSR count). The molecule has 1 aliphatic rings. The number of rotatable bonds is 5. The zero-order valence-electron chi connectivity index (χ0n) is 10.7. The molecule has 2 heteroatoms. The predicted octanol–water partition coefficient (Wildman–Crippen LogP) is 2.90. The van der Waals surface area contributed by atoms with E-state index in [1.54, 1.807) is 0 Å². The molecular formula is C15H23NO. The normalized spacial score (nSPS) is 19.7. The number of benzene rings is 1. The van der Waals surface area contributed by atoms with Gasteiger partial charge in [-0.25, -0.2) is 0 Å². The maximum Gasteiger partial charge on any atom is 0.102 e. The van der Waals surface area contributed by atoms with Crippen molar-refractivity contribution in [2.45, 2.75) is 50.5 Å². The first-order chi connectivity index (χ1) is 8.21. The predicted molar refractivity (Wildman–Crippen MR) is 70.9 cm³/mol. The van der Waals surface area contributed by atoms with E-state index in [1.807, 2.05) is 6.07 Å². The van der Waals surface area contributed by atoms with Gasteiger partial charge in [-0.3, -0.25) is 0 Å². The summed E-state index contributed by atoms with van der Waals surface area (Å²) in [5.74, 6) is 0.640. The van der Waals surface area contributed by atoms with Gasteiger partial charge in [0, 0.05) is 6.54 Å². The Hall–Kier alpha value is -0.860. The highest BCUT2D eigenvalue weighted by Gasteiger charge is 2.32. The second-order valence-electron chi connectivity index (χ2n) is 5.20. The van der Waals surface area contributed by atoms with Gasteiger partial charge in [-0.05, 0) is 36.3 Å². The molecule has 0 spiro atoms. The first-order valence-electron chi connectivity index (χ1n) is 6.73. The third-order valence-electron chi connectivity index (χ3n) is 4.01. The zero-order chi connectivity index (χ0) is 12.3. The van der Waals surface area contributed by atoms with Crippen molar-refractivity contribution in [3.63, 3.8) is 0 Å². The van der Waals surface area contributed by atoms with Crippen LogP contribution in [0.3, 0.4) is 0 Å². The average molecular weight is 233 g/mol. The van der Waals surface area contributed by atoms with Gasteiger partial charge in [-0.1, -0.05) is 44.0 Å². The standard InChI is InChI=1S/C15H23NO/c1-2-10-15(17,11-16)14-9-4-3-8-13(14)12-6-5-7-12/h3-4,8-9,12,17H,2,5-7,10-11,16H2,1H3. The van der Waals surface area contributed by atoms with Gasteiger partial charge in [0.2, 0.25) is 0 Å². The SMILES string of the molecule is CCCC(O)(CN)c1ccccc1C1CCC1. The summed E-state index contributed by atoms with van der Waals surface area (Å²) in [5.41, 5.74) is 7.35. The maximum atomic E-state index is 10.7. The van der Waals surface area contributed by atoms with Crippen LogP contribution in [-0.2, 0) is 5.60 Å². The fourth-order valence-corrected chi connectivity index (χ4v) is 2.76. The van der Waals surface area contributed by atoms with Gasteiger partial charge in [-0.15, -0.1) is 0 Å². The number of nitrogens with two attached hydrogens (primary N) is 1. The Kier molecular flexibility index (Phi) is 3.85. The minimum absolute atomic E-state index is 0.310. The molecular weight excluding hydrogens is 210 g/mol. The third-order valence-corrected chi connectivity index (χ3v) is 4.01. The van der Waals surface area contributed by atoms with Crippen molar-refractivity contribution in [3.05, 3.63) is 35.4 Å². The van der Waals surface area contributed by atoms with Gasteiger partial charge < -0.3 is 10.8 Å². The summed E-state index contributed by atoms with van der Waals surface area (Å²) in [7, 11) is 0. The number of hydrogen-bond acceptors (Lipinski definition) is 2. The van der Waals surface area contributed by atoms with Crippen LogP contribution in [0.5, 0.6) is 0 Å². The molecule has 17 heavy (non-hydrogen) atoms. The molecule has 0 aromatic heterocycles. The van der Waals surface area contributed by atoms with Gasteiger partial charge in [-0.2, -0.15) is 0 Å². The Balaban J connectivity index is 2.35. The first-order valence-corrected chi connectivity index (χ1v) is 6.73. The van der Waals surface area contributed by atoms with E-state index in [4.69, 9.17) is 5.73 Å². The Bertz CT molecular complexity index is 373. The van der Waals surface area contributed by atoms with Gasteiger partial charge in [0.25, 0.3) is 0 Å². The van der Waals surface area contributed by atoms with Crippen LogP contribution in [0, 0.1) is 0 Å². The molecule has 0 amide bonds. The molecule has 0 radical (unpaired) electrons. The van der Waals surface area contributed by atoms with E-state index in [9.17, 15) is 5.11 Å². The molecule has 0 bridgehead atoms. The van der Waals surface area contributed by atoms with Crippen LogP contribution in [0.4, 0.5) is 0 Å². The second-order valence-corrected chi connectivity index (χ2v) is 5.20. The van der Waals surface area contributed by atoms with Crippen LogP contribution in [-0.4, -0.2) is 11.7 Å². The second kappa shape index (κ2) is 5.19. The van der Waals surface area contributed by atoms with E-state index in [-0.39, 0.29) is 0 Å². The van der Waals surface area contributed by atoms with E-state index in [0.29, 0.717) is 12.5 Å². The van der Waals surface area contributed by atoms with Gasteiger partial charge in [0.05, 0.1) is 0 Å². The summed E-state index contributed by atoms with van der Waals surface area (Å²) >= 11 is 0. The molecule has 1 atom stereocenters. The minimum Gasteiger partial charge on any atom is -0.384 e. The van der Waals surface area contributed by atoms with Crippen LogP contribution >= 0.6 is 0 Å². The van der Waals surface area contributed by atoms with Gasteiger partial charge in [0.1, 0.15) is 5.60 Å². The fourth-order valence-electron chi connectivity index (χ4n) is 2.76. The van der Waals surface area contributed by atoms with Crippen molar-refractivity contribution in [1.29, 1.82) is 0 Å². The number of aliphatic hydroxyl groups is 1. The zero-order valence-corrected chi connectivity index (χ0v) is 10.7. The molecule has 0 saturated heterocycles. The van der Waals surface area contributed by atoms with E-state index < -0.39 is 5.60 Å². The number of hydrogen-bond donors (Lipinski definition) is 2. The van der Waals surface area contributed by atoms with Crippen LogP contribution in [0.2, 0.25) is 0 Å². The highest BCUT2D eigenvalue weighted by atomic mass is 16.3. The van der Waals surface area contributed by atoms with Crippen molar-refractivity contribution >= 4 is 0 Å². The highest BCUT2D eigenvalue weighted by molar-refractivity contribution is 5.36. The van der Waals surface area contributed by atoms with Gasteiger partial charge >= 0.3 is 0 Å². The van der Waals surface area contributed by atoms with Crippen LogP contribution in [0.1, 0.15) is 56.1 Å². The summed E-state index contributed by atoms with van der Waals surface area (Å²) in [6, 6.07) is 8.29. The molecule has 0 aliphatic heterocycles. The third kappa shape index (κ3) is 2.38. The fraction of sp³-hybridized carbons (Fsp3) is 0.600. The Morgan fingerprint density at radius 2 is 2.06 bits per heavy atom. The summed E-state index contributed by atoms with van der Waals surface area (Å²) in [5, 5.41) is 10.7. The molecule has 0 heterocycles. The lowest BCUT2D eigenvalue weighted by molar-refractivity contribution is 0.0343. The maximum absolute atomic E-state index is 10.7. The van der Waals surface area contributed by atoms with Crippen molar-refractivity contribution < 1.29 is 5.11 Å². The molecule has 94 valence electrons. The van der Waals surface area contributed by atoms with Gasteiger partial charge in [0.15, 0.2) is 0 Å². The van der Waals surface area contributed by atoms with E-state index in [2.05, 4.69) is 25.1 Å². The van der Waals surface area contributed by atoms with Crippen LogP contribution in [0.15, 0.2) is 24.3 Å². The molecule has 1 aromatic carbocycles. The summed E-state index contributed by atoms with van der Waals surface area (Å²) in [6.07, 6.45) is 5.52. The van der Waals surface area contributed by atoms with Crippen molar-refractivity contribution in [2.24, 2.45) is 5.73 Å². The quantitative estimate of drug-likeness (QED) is 0.821. The van der Waals surface area contributed by atoms with Crippen molar-refractivity contribution in [3.8, 4) is 0 Å². The Morgan fingerprint density at radius 1 is 1.35 bits per heavy atom. The molecule has 1 aromatic rings. The van der Waals surface area contributed by atoms with Crippen molar-refractivity contribution in [2.75, 3.05) is 6.54 Å². The molecule has 2 nitrogen and oxygen atoms in total. The average Bonchev–Trinajstić information content (AvgIpc) is 2.28. The van der Waals surface area contributed by atoms with E-state index >= 15 is 0 Å². The van der Waals surface area contributed by atoms with E-state index in [0.717, 1.165) is 18.4 Å². The molecule has 3 N–H and O–H groups in total. The summed E-state index contributed by atoms with van der Waals surface area (Å²) < 4.78 is 0. The summed E-state index contributed by atoms with van der Waals surface area (Å²) in [4.78, 5) is 0. The molecule has 1 aliphatic carbocycles. The lowest BCUT2D eigenvalue weighted by Crippen LogP contribution is -2.36. The Morgan fingerprint density at radius 3 is 2.59 bits per heavy atom. The lowest BCUT2D eigenvalue weighted by atomic mass is 9.74. The smallest absolute Gasteiger partial charge is 0.102 e.